The zero-order chi connectivity index (χ0) is 6.57. The molecule has 0 N–H and O–H groups in total. The van der Waals surface area contributed by atoms with Crippen molar-refractivity contribution in [3.05, 3.63) is 0 Å². The summed E-state index contributed by atoms with van der Waals surface area (Å²) in [5.74, 6) is 0.530. The number of carbonyl (C=O) groups excluding carboxylic acids is 1. The smallest absolute Gasteiger partial charge is 0.136 e. The number of halogens is 1. The number of ketones is 1. The first-order valence-corrected chi connectivity index (χ1v) is 3.93. The molecule has 0 amide bonds. The zero-order valence-electron chi connectivity index (χ0n) is 5.28. The van der Waals surface area contributed by atoms with Crippen molar-refractivity contribution in [3.63, 3.8) is 0 Å². The summed E-state index contributed by atoms with van der Waals surface area (Å²) in [5.41, 5.74) is 0. The lowest BCUT2D eigenvalue weighted by Gasteiger charge is -2.00. The molecule has 0 aromatic heterocycles. The summed E-state index contributed by atoms with van der Waals surface area (Å²) < 4.78 is 0. The molecule has 1 nitrogen and oxygen atoms in total. The minimum Gasteiger partial charge on any atom is -0.299 e. The fourth-order valence-electron chi connectivity index (χ4n) is 0.435. The third kappa shape index (κ3) is 2.46. The third-order valence-electron chi connectivity index (χ3n) is 1.13. The van der Waals surface area contributed by atoms with Crippen LogP contribution in [0.5, 0.6) is 0 Å². The lowest BCUT2D eigenvalue weighted by Crippen LogP contribution is -2.09. The molecule has 0 aromatic carbocycles. The quantitative estimate of drug-likeness (QED) is 0.605. The molecule has 0 rings (SSSR count). The Labute approximate surface area is 58.6 Å². The molecule has 0 aliphatic heterocycles. The summed E-state index contributed by atoms with van der Waals surface area (Å²) in [6, 6.07) is 0. The van der Waals surface area contributed by atoms with E-state index < -0.39 is 0 Å². The maximum Gasteiger partial charge on any atom is 0.136 e. The van der Waals surface area contributed by atoms with Crippen LogP contribution in [0.1, 0.15) is 20.3 Å². The molecule has 48 valence electrons. The van der Waals surface area contributed by atoms with Gasteiger partial charge in [-0.2, -0.15) is 0 Å². The molecule has 0 fully saturated rings. The van der Waals surface area contributed by atoms with E-state index in [2.05, 4.69) is 15.9 Å². The maximum atomic E-state index is 10.7. The first-order valence-electron chi connectivity index (χ1n) is 2.81. The van der Waals surface area contributed by atoms with Crippen LogP contribution in [0, 0.1) is 5.92 Å². The van der Waals surface area contributed by atoms with Crippen LogP contribution in [-0.2, 0) is 4.79 Å². The molecule has 8 heavy (non-hydrogen) atoms. The molecular formula is C6H11BrO. The van der Waals surface area contributed by atoms with Crippen molar-refractivity contribution in [2.24, 2.45) is 5.92 Å². The molecule has 0 bridgehead atoms. The van der Waals surface area contributed by atoms with Gasteiger partial charge in [0.25, 0.3) is 0 Å². The number of alkyl halides is 1. The predicted octanol–water partition coefficient (Wildman–Crippen LogP) is 2.00. The first kappa shape index (κ1) is 8.15. The largest absolute Gasteiger partial charge is 0.299 e. The molecule has 0 aliphatic carbocycles. The summed E-state index contributed by atoms with van der Waals surface area (Å²) in [7, 11) is 0. The van der Waals surface area contributed by atoms with Crippen LogP contribution < -0.4 is 0 Å². The molecule has 0 radical (unpaired) electrons. The van der Waals surface area contributed by atoms with Crippen molar-refractivity contribution in [1.29, 1.82) is 0 Å². The third-order valence-corrected chi connectivity index (χ3v) is 2.10. The van der Waals surface area contributed by atoms with E-state index in [9.17, 15) is 4.79 Å². The number of rotatable bonds is 3. The average molecular weight is 179 g/mol. The number of hydrogen-bond acceptors (Lipinski definition) is 1. The molecule has 0 aromatic rings. The maximum absolute atomic E-state index is 10.7. The van der Waals surface area contributed by atoms with E-state index in [0.29, 0.717) is 12.2 Å². The molecule has 0 saturated heterocycles. The first-order chi connectivity index (χ1) is 3.72. The fourth-order valence-corrected chi connectivity index (χ4v) is 0.796. The lowest BCUT2D eigenvalue weighted by molar-refractivity contribution is -0.121. The van der Waals surface area contributed by atoms with Crippen LogP contribution >= 0.6 is 15.9 Å². The summed E-state index contributed by atoms with van der Waals surface area (Å²) in [4.78, 5) is 10.7. The zero-order valence-corrected chi connectivity index (χ0v) is 6.86. The van der Waals surface area contributed by atoms with E-state index in [4.69, 9.17) is 0 Å². The molecule has 0 spiro atoms. The van der Waals surface area contributed by atoms with E-state index >= 15 is 0 Å². The Bertz CT molecular complexity index is 80.6. The van der Waals surface area contributed by atoms with Crippen LogP contribution in [0.2, 0.25) is 0 Å². The number of carbonyl (C=O) groups is 1. The standard InChI is InChI=1S/C6H11BrO/c1-3-6(8)5(2)4-7/h5H,3-4H2,1-2H3. The van der Waals surface area contributed by atoms with Gasteiger partial charge in [-0.25, -0.2) is 0 Å². The Kier molecular flexibility index (Phi) is 4.15. The van der Waals surface area contributed by atoms with Gasteiger partial charge in [0.1, 0.15) is 5.78 Å². The van der Waals surface area contributed by atoms with Crippen molar-refractivity contribution in [3.8, 4) is 0 Å². The van der Waals surface area contributed by atoms with Crippen molar-refractivity contribution in [1.82, 2.24) is 0 Å². The fraction of sp³-hybridized carbons (Fsp3) is 0.833. The molecule has 0 aliphatic rings. The van der Waals surface area contributed by atoms with E-state index in [0.717, 1.165) is 5.33 Å². The normalized spacial score (nSPS) is 13.4. The van der Waals surface area contributed by atoms with Gasteiger partial charge >= 0.3 is 0 Å². The van der Waals surface area contributed by atoms with Gasteiger partial charge < -0.3 is 0 Å². The Morgan fingerprint density at radius 3 is 2.38 bits per heavy atom. The molecule has 0 heterocycles. The highest BCUT2D eigenvalue weighted by Crippen LogP contribution is 2.02. The molecule has 1 atom stereocenters. The van der Waals surface area contributed by atoms with Gasteiger partial charge in [-0.05, 0) is 0 Å². The Hall–Kier alpha value is 0.150. The van der Waals surface area contributed by atoms with Gasteiger partial charge in [0.05, 0.1) is 0 Å². The summed E-state index contributed by atoms with van der Waals surface area (Å²) >= 11 is 3.24. The van der Waals surface area contributed by atoms with E-state index in [1.165, 1.54) is 0 Å². The second-order valence-electron chi connectivity index (χ2n) is 1.88. The van der Waals surface area contributed by atoms with Gasteiger partial charge in [-0.3, -0.25) is 4.79 Å². The summed E-state index contributed by atoms with van der Waals surface area (Å²) in [5, 5.41) is 0.791. The summed E-state index contributed by atoms with van der Waals surface area (Å²) in [6.07, 6.45) is 0.659. The van der Waals surface area contributed by atoms with Gasteiger partial charge in [0.15, 0.2) is 0 Å². The van der Waals surface area contributed by atoms with Crippen molar-refractivity contribution in [2.75, 3.05) is 5.33 Å². The Morgan fingerprint density at radius 1 is 1.75 bits per heavy atom. The highest BCUT2D eigenvalue weighted by Gasteiger charge is 2.06. The van der Waals surface area contributed by atoms with Gasteiger partial charge in [0.2, 0.25) is 0 Å². The van der Waals surface area contributed by atoms with Crippen LogP contribution in [0.15, 0.2) is 0 Å². The number of hydrogen-bond donors (Lipinski definition) is 0. The van der Waals surface area contributed by atoms with Gasteiger partial charge in [0, 0.05) is 17.7 Å². The minimum absolute atomic E-state index is 0.194. The van der Waals surface area contributed by atoms with E-state index in [-0.39, 0.29) is 5.92 Å². The van der Waals surface area contributed by atoms with E-state index in [1.54, 1.807) is 0 Å². The number of Topliss-reactive ketones (excluding diaryl/α,β-unsaturated/α-hetero) is 1. The van der Waals surface area contributed by atoms with Crippen molar-refractivity contribution < 1.29 is 4.79 Å². The highest BCUT2D eigenvalue weighted by atomic mass is 79.9. The highest BCUT2D eigenvalue weighted by molar-refractivity contribution is 9.09. The van der Waals surface area contributed by atoms with Crippen LogP contribution in [0.25, 0.3) is 0 Å². The predicted molar refractivity (Wildman–Crippen MR) is 38.3 cm³/mol. The molecule has 0 saturated carbocycles. The second kappa shape index (κ2) is 4.07. The van der Waals surface area contributed by atoms with Gasteiger partial charge in [-0.15, -0.1) is 0 Å². The Balaban J connectivity index is 3.46. The SMILES string of the molecule is CCC(=O)C(C)CBr. The topological polar surface area (TPSA) is 17.1 Å². The molecular weight excluding hydrogens is 168 g/mol. The Morgan fingerprint density at radius 2 is 2.25 bits per heavy atom. The summed E-state index contributed by atoms with van der Waals surface area (Å²) in [6.45, 7) is 3.82. The van der Waals surface area contributed by atoms with Crippen LogP contribution in [-0.4, -0.2) is 11.1 Å². The average Bonchev–Trinajstić information content (AvgIpc) is 1.84. The lowest BCUT2D eigenvalue weighted by atomic mass is 10.1. The molecule has 2 heteroatoms. The monoisotopic (exact) mass is 178 g/mol. The van der Waals surface area contributed by atoms with Crippen molar-refractivity contribution in [2.45, 2.75) is 20.3 Å². The van der Waals surface area contributed by atoms with Crippen LogP contribution in [0.4, 0.5) is 0 Å². The molecule has 1 unspecified atom stereocenters. The second-order valence-corrected chi connectivity index (χ2v) is 2.52. The van der Waals surface area contributed by atoms with Gasteiger partial charge in [-0.1, -0.05) is 29.8 Å². The minimum atomic E-state index is 0.194. The van der Waals surface area contributed by atoms with E-state index in [1.807, 2.05) is 13.8 Å². The van der Waals surface area contributed by atoms with Crippen molar-refractivity contribution >= 4 is 21.7 Å². The van der Waals surface area contributed by atoms with Crippen LogP contribution in [0.3, 0.4) is 0 Å².